The van der Waals surface area contributed by atoms with E-state index in [-0.39, 0.29) is 0 Å². The molecule has 0 N–H and O–H groups in total. The van der Waals surface area contributed by atoms with Crippen LogP contribution in [0.1, 0.15) is 12.5 Å². The van der Waals surface area contributed by atoms with Gasteiger partial charge in [-0.3, -0.25) is 0 Å². The molecule has 0 radical (unpaired) electrons. The molecule has 0 aliphatic rings. The number of benzene rings is 4. The summed E-state index contributed by atoms with van der Waals surface area (Å²) in [6, 6.07) is 33.0. The third kappa shape index (κ3) is 3.73. The molecule has 2 heteroatoms. The lowest BCUT2D eigenvalue weighted by Gasteiger charge is -2.09. The molecule has 35 heavy (non-hydrogen) atoms. The first-order valence-electron chi connectivity index (χ1n) is 11.8. The molecule has 0 fully saturated rings. The van der Waals surface area contributed by atoms with Gasteiger partial charge in [-0.25, -0.2) is 0 Å². The van der Waals surface area contributed by atoms with Crippen LogP contribution >= 0.6 is 11.3 Å². The maximum absolute atomic E-state index is 4.20. The van der Waals surface area contributed by atoms with E-state index in [1.54, 1.807) is 11.3 Å². The van der Waals surface area contributed by atoms with Crippen molar-refractivity contribution in [2.45, 2.75) is 6.92 Å². The maximum atomic E-state index is 4.20. The summed E-state index contributed by atoms with van der Waals surface area (Å²) in [7, 11) is 0. The fourth-order valence-corrected chi connectivity index (χ4v) is 5.62. The van der Waals surface area contributed by atoms with Crippen LogP contribution in [0.3, 0.4) is 0 Å². The molecule has 0 unspecified atom stereocenters. The lowest BCUT2D eigenvalue weighted by atomic mass is 9.99. The molecule has 2 aromatic heterocycles. The van der Waals surface area contributed by atoms with Gasteiger partial charge in [0.2, 0.25) is 0 Å². The Hall–Kier alpha value is -4.14. The highest BCUT2D eigenvalue weighted by Gasteiger charge is 2.16. The molecule has 0 bridgehead atoms. The molecule has 6 rings (SSSR count). The number of rotatable bonds is 5. The summed E-state index contributed by atoms with van der Waals surface area (Å²) >= 11 is 1.80. The summed E-state index contributed by atoms with van der Waals surface area (Å²) in [5, 5.41) is 6.06. The minimum absolute atomic E-state index is 1.01. The molecule has 6 aromatic rings. The van der Waals surface area contributed by atoms with Crippen LogP contribution in [0.15, 0.2) is 127 Å². The van der Waals surface area contributed by atoms with Gasteiger partial charge < -0.3 is 4.57 Å². The molecule has 0 atom stereocenters. The van der Waals surface area contributed by atoms with E-state index in [4.69, 9.17) is 0 Å². The molecule has 2 heterocycles. The van der Waals surface area contributed by atoms with Gasteiger partial charge in [-0.2, -0.15) is 0 Å². The number of nitrogens with zero attached hydrogens (tertiary/aromatic N) is 1. The van der Waals surface area contributed by atoms with E-state index in [2.05, 4.69) is 108 Å². The molecular weight excluding hydrogens is 442 g/mol. The average molecular weight is 468 g/mol. The third-order valence-electron chi connectivity index (χ3n) is 6.56. The topological polar surface area (TPSA) is 4.93 Å². The second-order valence-corrected chi connectivity index (χ2v) is 9.63. The Labute approximate surface area is 209 Å². The Morgan fingerprint density at radius 1 is 0.771 bits per heavy atom. The predicted octanol–water partition coefficient (Wildman–Crippen LogP) is 9.81. The molecular formula is C33H25NS. The Kier molecular flexibility index (Phi) is 5.44. The highest BCUT2D eigenvalue weighted by atomic mass is 32.1. The lowest BCUT2D eigenvalue weighted by Crippen LogP contribution is -1.93. The largest absolute Gasteiger partial charge is 0.309 e. The van der Waals surface area contributed by atoms with Gasteiger partial charge in [0.25, 0.3) is 0 Å². The number of thiophene rings is 1. The fraction of sp³-hybridized carbons (Fsp3) is 0.0303. The number of hydrogen-bond donors (Lipinski definition) is 0. The van der Waals surface area contributed by atoms with Crippen LogP contribution in [0.2, 0.25) is 0 Å². The Morgan fingerprint density at radius 3 is 2.37 bits per heavy atom. The van der Waals surface area contributed by atoms with Crippen LogP contribution in [-0.4, -0.2) is 4.57 Å². The van der Waals surface area contributed by atoms with Gasteiger partial charge in [-0.15, -0.1) is 11.3 Å². The molecule has 0 saturated carbocycles. The van der Waals surface area contributed by atoms with Crippen molar-refractivity contribution in [3.8, 4) is 16.8 Å². The highest BCUT2D eigenvalue weighted by Crippen LogP contribution is 2.39. The summed E-state index contributed by atoms with van der Waals surface area (Å²) < 4.78 is 3.73. The first-order chi connectivity index (χ1) is 17.2. The van der Waals surface area contributed by atoms with E-state index < -0.39 is 0 Å². The second-order valence-electron chi connectivity index (χ2n) is 8.68. The van der Waals surface area contributed by atoms with Crippen molar-refractivity contribution >= 4 is 48.8 Å². The smallest absolute Gasteiger partial charge is 0.0627 e. The zero-order chi connectivity index (χ0) is 23.8. The number of aromatic nitrogens is 1. The Morgan fingerprint density at radius 2 is 1.57 bits per heavy atom. The summed E-state index contributed by atoms with van der Waals surface area (Å²) in [5.74, 6) is 0. The summed E-state index contributed by atoms with van der Waals surface area (Å²) in [5.41, 5.74) is 8.27. The molecule has 0 aliphatic carbocycles. The van der Waals surface area contributed by atoms with Crippen molar-refractivity contribution in [3.05, 3.63) is 133 Å². The summed E-state index contributed by atoms with van der Waals surface area (Å²) in [6.07, 6.45) is 8.10. The standard InChI is InChI=1S/C33H25NS/c1-3-4-6-9-23(2)24-12-14-25(15-13-24)26-16-18-31-30(22-26)28-17-19-32-29(20-21-35-32)33(28)34(31)27-10-7-5-8-11-27/h3-22H,2H2,1H3/b4-3-,9-6-. The molecule has 0 amide bonds. The van der Waals surface area contributed by atoms with Gasteiger partial charge in [0.15, 0.2) is 0 Å². The van der Waals surface area contributed by atoms with E-state index in [1.165, 1.54) is 48.7 Å². The summed E-state index contributed by atoms with van der Waals surface area (Å²) in [4.78, 5) is 0. The summed E-state index contributed by atoms with van der Waals surface area (Å²) in [6.45, 7) is 6.22. The molecule has 1 nitrogen and oxygen atoms in total. The van der Waals surface area contributed by atoms with E-state index >= 15 is 0 Å². The normalized spacial score (nSPS) is 12.0. The van der Waals surface area contributed by atoms with E-state index in [1.807, 2.05) is 31.2 Å². The van der Waals surface area contributed by atoms with Crippen LogP contribution in [0.4, 0.5) is 0 Å². The number of hydrogen-bond acceptors (Lipinski definition) is 1. The molecule has 4 aromatic carbocycles. The van der Waals surface area contributed by atoms with Crippen LogP contribution < -0.4 is 0 Å². The fourth-order valence-electron chi connectivity index (χ4n) is 4.83. The number of fused-ring (bicyclic) bond motifs is 5. The van der Waals surface area contributed by atoms with Crippen molar-refractivity contribution in [2.24, 2.45) is 0 Å². The second kappa shape index (κ2) is 8.90. The minimum atomic E-state index is 1.01. The molecule has 0 spiro atoms. The van der Waals surface area contributed by atoms with Crippen molar-refractivity contribution in [3.63, 3.8) is 0 Å². The van der Waals surface area contributed by atoms with Gasteiger partial charge in [-0.05, 0) is 71.0 Å². The molecule has 168 valence electrons. The van der Waals surface area contributed by atoms with Crippen molar-refractivity contribution in [2.75, 3.05) is 0 Å². The van der Waals surface area contributed by atoms with Crippen molar-refractivity contribution < 1.29 is 0 Å². The first kappa shape index (κ1) is 21.4. The Bertz CT molecular complexity index is 1740. The number of para-hydroxylation sites is 1. The van der Waals surface area contributed by atoms with Gasteiger partial charge in [-0.1, -0.05) is 85.5 Å². The number of allylic oxidation sites excluding steroid dienone is 5. The molecule has 0 saturated heterocycles. The maximum Gasteiger partial charge on any atom is 0.0627 e. The quantitative estimate of drug-likeness (QED) is 0.222. The van der Waals surface area contributed by atoms with Gasteiger partial charge >= 0.3 is 0 Å². The van der Waals surface area contributed by atoms with Crippen molar-refractivity contribution in [1.29, 1.82) is 0 Å². The van der Waals surface area contributed by atoms with Crippen LogP contribution in [0.25, 0.3) is 54.3 Å². The van der Waals surface area contributed by atoms with Gasteiger partial charge in [0, 0.05) is 26.5 Å². The average Bonchev–Trinajstić information content (AvgIpc) is 3.51. The molecule has 0 aliphatic heterocycles. The zero-order valence-electron chi connectivity index (χ0n) is 19.6. The highest BCUT2D eigenvalue weighted by molar-refractivity contribution is 7.17. The van der Waals surface area contributed by atoms with Crippen molar-refractivity contribution in [1.82, 2.24) is 4.57 Å². The minimum Gasteiger partial charge on any atom is -0.309 e. The van der Waals surface area contributed by atoms with E-state index in [0.717, 1.165) is 11.1 Å². The Balaban J connectivity index is 1.51. The monoisotopic (exact) mass is 467 g/mol. The van der Waals surface area contributed by atoms with E-state index in [9.17, 15) is 0 Å². The van der Waals surface area contributed by atoms with Gasteiger partial charge in [0.1, 0.15) is 0 Å². The van der Waals surface area contributed by atoms with E-state index in [0.29, 0.717) is 0 Å². The predicted molar refractivity (Wildman–Crippen MR) is 155 cm³/mol. The van der Waals surface area contributed by atoms with Crippen LogP contribution in [0.5, 0.6) is 0 Å². The third-order valence-corrected chi connectivity index (χ3v) is 7.44. The van der Waals surface area contributed by atoms with Crippen LogP contribution in [-0.2, 0) is 0 Å². The zero-order valence-corrected chi connectivity index (χ0v) is 20.4. The van der Waals surface area contributed by atoms with Gasteiger partial charge in [0.05, 0.1) is 11.0 Å². The lowest BCUT2D eigenvalue weighted by molar-refractivity contribution is 1.19. The van der Waals surface area contributed by atoms with Crippen LogP contribution in [0, 0.1) is 0 Å². The SMILES string of the molecule is C=C(/C=C\C=C/C)c1ccc(-c2ccc3c(c2)c2ccc4sccc4c2n3-c2ccccc2)cc1. The first-order valence-corrected chi connectivity index (χ1v) is 12.7.